The molecule has 2 rings (SSSR count). The van der Waals surface area contributed by atoms with Crippen molar-refractivity contribution in [2.75, 3.05) is 23.7 Å². The van der Waals surface area contributed by atoms with Gasteiger partial charge < -0.3 is 15.8 Å². The second-order valence-corrected chi connectivity index (χ2v) is 7.63. The summed E-state index contributed by atoms with van der Waals surface area (Å²) >= 11 is 2.04. The van der Waals surface area contributed by atoms with E-state index < -0.39 is 0 Å². The highest BCUT2D eigenvalue weighted by Crippen LogP contribution is 2.32. The smallest absolute Gasteiger partial charge is 0.170 e. The molecule has 1 aliphatic rings. The molecule has 0 bridgehead atoms. The molecule has 1 aromatic carbocycles. The summed E-state index contributed by atoms with van der Waals surface area (Å²) < 4.78 is 0.359. The minimum absolute atomic E-state index is 0.168. The summed E-state index contributed by atoms with van der Waals surface area (Å²) in [5, 5.41) is 11.8. The van der Waals surface area contributed by atoms with Gasteiger partial charge in [-0.25, -0.2) is 0 Å². The summed E-state index contributed by atoms with van der Waals surface area (Å²) in [5.74, 6) is 1.32. The van der Waals surface area contributed by atoms with Crippen LogP contribution in [-0.4, -0.2) is 34.6 Å². The first-order valence-corrected chi connectivity index (χ1v) is 7.89. The average Bonchev–Trinajstić information content (AvgIpc) is 2.59. The second kappa shape index (κ2) is 5.95. The third-order valence-corrected chi connectivity index (χ3v) is 5.17. The molecule has 0 unspecified atom stereocenters. The van der Waals surface area contributed by atoms with Crippen molar-refractivity contribution in [2.45, 2.75) is 31.9 Å². The number of benzene rings is 1. The van der Waals surface area contributed by atoms with E-state index in [1.807, 2.05) is 24.8 Å². The number of nitrogens with zero attached hydrogens (tertiary/aromatic N) is 2. The fourth-order valence-electron chi connectivity index (χ4n) is 2.46. The number of anilines is 1. The van der Waals surface area contributed by atoms with Crippen molar-refractivity contribution in [3.05, 3.63) is 29.3 Å². The molecule has 1 fully saturated rings. The van der Waals surface area contributed by atoms with E-state index in [1.54, 1.807) is 0 Å². The third-order valence-electron chi connectivity index (χ3n) is 3.80. The lowest BCUT2D eigenvalue weighted by Gasteiger charge is -2.25. The summed E-state index contributed by atoms with van der Waals surface area (Å²) in [5.41, 5.74) is 8.71. The summed E-state index contributed by atoms with van der Waals surface area (Å²) in [6.45, 7) is 8.76. The Morgan fingerprint density at radius 1 is 1.40 bits per heavy atom. The molecule has 0 aromatic heterocycles. The van der Waals surface area contributed by atoms with Crippen LogP contribution in [0, 0.1) is 6.92 Å². The number of amidine groups is 1. The van der Waals surface area contributed by atoms with Gasteiger partial charge in [-0.3, -0.25) is 0 Å². The summed E-state index contributed by atoms with van der Waals surface area (Å²) in [6, 6.07) is 6.11. The van der Waals surface area contributed by atoms with Crippen LogP contribution in [0.3, 0.4) is 0 Å². The lowest BCUT2D eigenvalue weighted by Crippen LogP contribution is -2.27. The number of nitrogens with two attached hydrogens (primary N) is 1. The lowest BCUT2D eigenvalue weighted by atomic mass is 10.1. The summed E-state index contributed by atoms with van der Waals surface area (Å²) in [4.78, 5) is 2.42. The number of oxime groups is 1. The molecule has 1 heterocycles. The fraction of sp³-hybridized carbons (Fsp3) is 0.533. The predicted molar refractivity (Wildman–Crippen MR) is 87.1 cm³/mol. The van der Waals surface area contributed by atoms with Gasteiger partial charge in [0.2, 0.25) is 0 Å². The Kier molecular flexibility index (Phi) is 4.48. The van der Waals surface area contributed by atoms with Crippen LogP contribution in [0.15, 0.2) is 23.4 Å². The van der Waals surface area contributed by atoms with Gasteiger partial charge in [-0.05, 0) is 37.1 Å². The van der Waals surface area contributed by atoms with Crippen LogP contribution in [-0.2, 0) is 0 Å². The SMILES string of the molecule is Cc1cc(N2CCSC(C)(C)CC2)ccc1/C(N)=N/O. The standard InChI is InChI=1S/C15H23N3OS/c1-11-10-12(4-5-13(11)14(16)17-19)18-7-6-15(2,3)20-9-8-18/h4-5,10,19H,6-9H2,1-3H3,(H2,16,17). The Bertz CT molecular complexity index is 514. The van der Waals surface area contributed by atoms with Crippen LogP contribution in [0.25, 0.3) is 0 Å². The topological polar surface area (TPSA) is 61.8 Å². The van der Waals surface area contributed by atoms with Crippen molar-refractivity contribution in [3.63, 3.8) is 0 Å². The van der Waals surface area contributed by atoms with Crippen molar-refractivity contribution in [1.82, 2.24) is 0 Å². The molecular weight excluding hydrogens is 270 g/mol. The molecule has 0 radical (unpaired) electrons. The molecule has 3 N–H and O–H groups in total. The molecule has 110 valence electrons. The molecule has 1 saturated heterocycles. The molecule has 1 aliphatic heterocycles. The maximum absolute atomic E-state index is 8.78. The van der Waals surface area contributed by atoms with Crippen molar-refractivity contribution in [1.29, 1.82) is 0 Å². The van der Waals surface area contributed by atoms with E-state index in [0.717, 1.165) is 30.0 Å². The van der Waals surface area contributed by atoms with Gasteiger partial charge in [0, 0.05) is 34.8 Å². The van der Waals surface area contributed by atoms with Crippen LogP contribution in [0.5, 0.6) is 0 Å². The second-order valence-electron chi connectivity index (χ2n) is 5.83. The molecule has 5 heteroatoms. The molecule has 20 heavy (non-hydrogen) atoms. The first kappa shape index (κ1) is 15.0. The number of rotatable bonds is 2. The maximum Gasteiger partial charge on any atom is 0.170 e. The van der Waals surface area contributed by atoms with E-state index in [0.29, 0.717) is 4.75 Å². The quantitative estimate of drug-likeness (QED) is 0.381. The zero-order chi connectivity index (χ0) is 14.8. The third kappa shape index (κ3) is 3.39. The molecule has 0 atom stereocenters. The van der Waals surface area contributed by atoms with Gasteiger partial charge in [0.1, 0.15) is 0 Å². The highest BCUT2D eigenvalue weighted by molar-refractivity contribution is 8.00. The number of hydrogen-bond donors (Lipinski definition) is 2. The van der Waals surface area contributed by atoms with Crippen LogP contribution in [0.2, 0.25) is 0 Å². The fourth-order valence-corrected chi connectivity index (χ4v) is 3.56. The van der Waals surface area contributed by atoms with E-state index in [4.69, 9.17) is 10.9 Å². The average molecular weight is 293 g/mol. The van der Waals surface area contributed by atoms with Gasteiger partial charge in [0.05, 0.1) is 0 Å². The Hall–Kier alpha value is -1.36. The van der Waals surface area contributed by atoms with Gasteiger partial charge >= 0.3 is 0 Å². The van der Waals surface area contributed by atoms with Gasteiger partial charge in [0.25, 0.3) is 0 Å². The number of thioether (sulfide) groups is 1. The zero-order valence-electron chi connectivity index (χ0n) is 12.4. The predicted octanol–water partition coefficient (Wildman–Crippen LogP) is 2.81. The Balaban J connectivity index is 2.19. The van der Waals surface area contributed by atoms with Crippen molar-refractivity contribution >= 4 is 23.3 Å². The lowest BCUT2D eigenvalue weighted by molar-refractivity contribution is 0.318. The van der Waals surface area contributed by atoms with Gasteiger partial charge in [0.15, 0.2) is 5.84 Å². The van der Waals surface area contributed by atoms with Crippen molar-refractivity contribution in [3.8, 4) is 0 Å². The highest BCUT2D eigenvalue weighted by Gasteiger charge is 2.23. The Morgan fingerprint density at radius 2 is 2.15 bits per heavy atom. The van der Waals surface area contributed by atoms with Gasteiger partial charge in [-0.1, -0.05) is 19.0 Å². The summed E-state index contributed by atoms with van der Waals surface area (Å²) in [6.07, 6.45) is 1.18. The number of hydrogen-bond acceptors (Lipinski definition) is 4. The minimum atomic E-state index is 0.168. The molecule has 4 nitrogen and oxygen atoms in total. The van der Waals surface area contributed by atoms with E-state index in [2.05, 4.69) is 36.0 Å². The molecular formula is C15H23N3OS. The molecule has 0 amide bonds. The molecule has 1 aromatic rings. The van der Waals surface area contributed by atoms with Crippen molar-refractivity contribution in [2.24, 2.45) is 10.9 Å². The van der Waals surface area contributed by atoms with Crippen LogP contribution in [0.4, 0.5) is 5.69 Å². The first-order chi connectivity index (χ1) is 9.43. The minimum Gasteiger partial charge on any atom is -0.409 e. The van der Waals surface area contributed by atoms with E-state index in [9.17, 15) is 0 Å². The van der Waals surface area contributed by atoms with Crippen LogP contribution >= 0.6 is 11.8 Å². The van der Waals surface area contributed by atoms with Gasteiger partial charge in [-0.15, -0.1) is 0 Å². The highest BCUT2D eigenvalue weighted by atomic mass is 32.2. The Labute approximate surface area is 125 Å². The Morgan fingerprint density at radius 3 is 2.80 bits per heavy atom. The van der Waals surface area contributed by atoms with E-state index >= 15 is 0 Å². The monoisotopic (exact) mass is 293 g/mol. The van der Waals surface area contributed by atoms with E-state index in [1.165, 1.54) is 12.1 Å². The van der Waals surface area contributed by atoms with Crippen molar-refractivity contribution < 1.29 is 5.21 Å². The maximum atomic E-state index is 8.78. The van der Waals surface area contributed by atoms with E-state index in [-0.39, 0.29) is 5.84 Å². The molecule has 0 aliphatic carbocycles. The van der Waals surface area contributed by atoms with Crippen LogP contribution in [0.1, 0.15) is 31.4 Å². The zero-order valence-corrected chi connectivity index (χ0v) is 13.2. The normalized spacial score (nSPS) is 19.8. The molecule has 0 spiro atoms. The van der Waals surface area contributed by atoms with Crippen LogP contribution < -0.4 is 10.6 Å². The summed E-state index contributed by atoms with van der Waals surface area (Å²) in [7, 11) is 0. The molecule has 0 saturated carbocycles. The number of aryl methyl sites for hydroxylation is 1. The van der Waals surface area contributed by atoms with Gasteiger partial charge in [-0.2, -0.15) is 11.8 Å². The first-order valence-electron chi connectivity index (χ1n) is 6.90. The largest absolute Gasteiger partial charge is 0.409 e.